The Labute approximate surface area is 140 Å². The fourth-order valence-corrected chi connectivity index (χ4v) is 2.50. The van der Waals surface area contributed by atoms with Crippen molar-refractivity contribution >= 4 is 17.7 Å². The molecule has 0 aromatic heterocycles. The van der Waals surface area contributed by atoms with Crippen LogP contribution in [0, 0.1) is 5.82 Å². The van der Waals surface area contributed by atoms with E-state index < -0.39 is 5.82 Å². The molecule has 2 aromatic rings. The molecule has 0 aliphatic rings. The summed E-state index contributed by atoms with van der Waals surface area (Å²) < 4.78 is 18.7. The van der Waals surface area contributed by atoms with Crippen LogP contribution in [0.1, 0.15) is 12.0 Å². The molecule has 0 heterocycles. The van der Waals surface area contributed by atoms with Crippen LogP contribution >= 0.6 is 11.8 Å². The van der Waals surface area contributed by atoms with Gasteiger partial charge in [-0.25, -0.2) is 4.39 Å². The SMILES string of the molecule is CSc1ccc(CN(C)C(=O)CCOc2ccccc2F)cc1. The molecule has 122 valence electrons. The quantitative estimate of drug-likeness (QED) is 0.718. The highest BCUT2D eigenvalue weighted by Crippen LogP contribution is 2.17. The van der Waals surface area contributed by atoms with Gasteiger partial charge in [-0.2, -0.15) is 0 Å². The van der Waals surface area contributed by atoms with Gasteiger partial charge in [0.1, 0.15) is 0 Å². The number of ether oxygens (including phenoxy) is 1. The Morgan fingerprint density at radius 1 is 1.17 bits per heavy atom. The van der Waals surface area contributed by atoms with Gasteiger partial charge in [0.25, 0.3) is 0 Å². The molecule has 2 aromatic carbocycles. The molecule has 0 fully saturated rings. The van der Waals surface area contributed by atoms with Crippen LogP contribution in [0.5, 0.6) is 5.75 Å². The van der Waals surface area contributed by atoms with Crippen LogP contribution in [-0.4, -0.2) is 30.7 Å². The lowest BCUT2D eigenvalue weighted by Crippen LogP contribution is -2.27. The smallest absolute Gasteiger partial charge is 0.226 e. The van der Waals surface area contributed by atoms with Crippen LogP contribution in [0.2, 0.25) is 0 Å². The topological polar surface area (TPSA) is 29.5 Å². The van der Waals surface area contributed by atoms with Gasteiger partial charge in [0.15, 0.2) is 11.6 Å². The number of thioether (sulfide) groups is 1. The number of benzene rings is 2. The molecule has 23 heavy (non-hydrogen) atoms. The lowest BCUT2D eigenvalue weighted by molar-refractivity contribution is -0.130. The Bertz CT molecular complexity index is 646. The van der Waals surface area contributed by atoms with E-state index in [1.54, 1.807) is 41.9 Å². The molecule has 0 saturated carbocycles. The van der Waals surface area contributed by atoms with Crippen LogP contribution in [0.25, 0.3) is 0 Å². The van der Waals surface area contributed by atoms with E-state index in [9.17, 15) is 9.18 Å². The van der Waals surface area contributed by atoms with Gasteiger partial charge in [-0.3, -0.25) is 4.79 Å². The Kier molecular flexibility index (Phi) is 6.47. The Hall–Kier alpha value is -2.01. The van der Waals surface area contributed by atoms with Crippen molar-refractivity contribution in [2.75, 3.05) is 19.9 Å². The standard InChI is InChI=1S/C18H20FNO2S/c1-20(13-14-7-9-15(23-2)10-8-14)18(21)11-12-22-17-6-4-3-5-16(17)19/h3-10H,11-13H2,1-2H3. The second-order valence-electron chi connectivity index (χ2n) is 5.13. The van der Waals surface area contributed by atoms with Crippen molar-refractivity contribution < 1.29 is 13.9 Å². The number of halogens is 1. The molecule has 0 aliphatic carbocycles. The molecule has 2 rings (SSSR count). The van der Waals surface area contributed by atoms with Crippen molar-refractivity contribution in [1.82, 2.24) is 4.90 Å². The largest absolute Gasteiger partial charge is 0.490 e. The van der Waals surface area contributed by atoms with Gasteiger partial charge in [0.2, 0.25) is 5.91 Å². The third-order valence-corrected chi connectivity index (χ3v) is 4.16. The van der Waals surface area contributed by atoms with Gasteiger partial charge in [-0.15, -0.1) is 11.8 Å². The van der Waals surface area contributed by atoms with E-state index in [1.165, 1.54) is 11.0 Å². The highest BCUT2D eigenvalue weighted by atomic mass is 32.2. The number of nitrogens with zero attached hydrogens (tertiary/aromatic N) is 1. The predicted octanol–water partition coefficient (Wildman–Crippen LogP) is 3.98. The van der Waals surface area contributed by atoms with E-state index in [0.29, 0.717) is 6.54 Å². The molecule has 0 unspecified atom stereocenters. The summed E-state index contributed by atoms with van der Waals surface area (Å²) in [4.78, 5) is 14.9. The fraction of sp³-hybridized carbons (Fsp3) is 0.278. The first-order valence-electron chi connectivity index (χ1n) is 7.34. The number of rotatable bonds is 7. The second-order valence-corrected chi connectivity index (χ2v) is 6.01. The minimum Gasteiger partial charge on any atom is -0.490 e. The third-order valence-electron chi connectivity index (χ3n) is 3.41. The number of carbonyl (C=O) groups excluding carboxylic acids is 1. The summed E-state index contributed by atoms with van der Waals surface area (Å²) in [6, 6.07) is 14.3. The van der Waals surface area contributed by atoms with Crippen molar-refractivity contribution in [2.45, 2.75) is 17.9 Å². The predicted molar refractivity (Wildman–Crippen MR) is 91.2 cm³/mol. The van der Waals surface area contributed by atoms with Crippen LogP contribution in [0.3, 0.4) is 0 Å². The summed E-state index contributed by atoms with van der Waals surface area (Å²) in [6.07, 6.45) is 2.24. The lowest BCUT2D eigenvalue weighted by Gasteiger charge is -2.17. The van der Waals surface area contributed by atoms with E-state index >= 15 is 0 Å². The van der Waals surface area contributed by atoms with Gasteiger partial charge in [0.05, 0.1) is 13.0 Å². The zero-order valence-corrected chi connectivity index (χ0v) is 14.1. The second kappa shape index (κ2) is 8.58. The molecule has 0 N–H and O–H groups in total. The van der Waals surface area contributed by atoms with Crippen LogP contribution in [0.15, 0.2) is 53.4 Å². The van der Waals surface area contributed by atoms with Gasteiger partial charge in [-0.05, 0) is 36.1 Å². The van der Waals surface area contributed by atoms with Gasteiger partial charge >= 0.3 is 0 Å². The maximum atomic E-state index is 13.4. The van der Waals surface area contributed by atoms with Gasteiger partial charge in [-0.1, -0.05) is 24.3 Å². The monoisotopic (exact) mass is 333 g/mol. The molecule has 3 nitrogen and oxygen atoms in total. The summed E-state index contributed by atoms with van der Waals surface area (Å²) in [5, 5.41) is 0. The van der Waals surface area contributed by atoms with Gasteiger partial charge in [0, 0.05) is 18.5 Å². The van der Waals surface area contributed by atoms with Crippen molar-refractivity contribution in [3.63, 3.8) is 0 Å². The minimum atomic E-state index is -0.415. The molecule has 0 radical (unpaired) electrons. The molecule has 0 spiro atoms. The van der Waals surface area contributed by atoms with E-state index in [4.69, 9.17) is 4.74 Å². The molecule has 5 heteroatoms. The molecule has 1 amide bonds. The summed E-state index contributed by atoms with van der Waals surface area (Å²) in [5.74, 6) is -0.270. The Morgan fingerprint density at radius 3 is 2.52 bits per heavy atom. The summed E-state index contributed by atoms with van der Waals surface area (Å²) >= 11 is 1.69. The van der Waals surface area contributed by atoms with Crippen molar-refractivity contribution in [1.29, 1.82) is 0 Å². The molecule has 0 atom stereocenters. The highest BCUT2D eigenvalue weighted by molar-refractivity contribution is 7.98. The number of para-hydroxylation sites is 1. The Morgan fingerprint density at radius 2 is 1.87 bits per heavy atom. The van der Waals surface area contributed by atoms with Crippen molar-refractivity contribution in [3.05, 3.63) is 59.9 Å². The number of hydrogen-bond acceptors (Lipinski definition) is 3. The lowest BCUT2D eigenvalue weighted by atomic mass is 10.2. The fourth-order valence-electron chi connectivity index (χ4n) is 2.09. The first-order valence-corrected chi connectivity index (χ1v) is 8.57. The van der Waals surface area contributed by atoms with E-state index in [2.05, 4.69) is 0 Å². The number of amides is 1. The van der Waals surface area contributed by atoms with E-state index in [0.717, 1.165) is 5.56 Å². The molecular weight excluding hydrogens is 313 g/mol. The molecule has 0 bridgehead atoms. The van der Waals surface area contributed by atoms with E-state index in [1.807, 2.05) is 30.5 Å². The summed E-state index contributed by atoms with van der Waals surface area (Å²) in [7, 11) is 1.76. The maximum Gasteiger partial charge on any atom is 0.226 e. The molecular formula is C18H20FNO2S. The van der Waals surface area contributed by atoms with Crippen LogP contribution in [0.4, 0.5) is 4.39 Å². The minimum absolute atomic E-state index is 0.0321. The summed E-state index contributed by atoms with van der Waals surface area (Å²) in [5.41, 5.74) is 1.08. The first kappa shape index (κ1) is 17.3. The zero-order valence-electron chi connectivity index (χ0n) is 13.3. The maximum absolute atomic E-state index is 13.4. The summed E-state index contributed by atoms with van der Waals surface area (Å²) in [6.45, 7) is 0.711. The highest BCUT2D eigenvalue weighted by Gasteiger charge is 2.10. The van der Waals surface area contributed by atoms with E-state index in [-0.39, 0.29) is 24.7 Å². The van der Waals surface area contributed by atoms with Crippen molar-refractivity contribution in [2.24, 2.45) is 0 Å². The normalized spacial score (nSPS) is 10.4. The number of carbonyl (C=O) groups is 1. The molecule has 0 aliphatic heterocycles. The third kappa shape index (κ3) is 5.28. The first-order chi connectivity index (χ1) is 11.1. The average Bonchev–Trinajstić information content (AvgIpc) is 2.57. The Balaban J connectivity index is 1.79. The zero-order chi connectivity index (χ0) is 16.7. The number of hydrogen-bond donors (Lipinski definition) is 0. The van der Waals surface area contributed by atoms with Crippen LogP contribution in [-0.2, 0) is 11.3 Å². The van der Waals surface area contributed by atoms with Gasteiger partial charge < -0.3 is 9.64 Å². The van der Waals surface area contributed by atoms with Crippen LogP contribution < -0.4 is 4.74 Å². The van der Waals surface area contributed by atoms with Crippen molar-refractivity contribution in [3.8, 4) is 5.75 Å². The average molecular weight is 333 g/mol. The molecule has 0 saturated heterocycles.